The molecular formula is C17H18N4O3. The average molecular weight is 326 g/mol. The number of nitrogens with zero attached hydrogens (tertiary/aromatic N) is 3. The standard InChI is InChI=1S/C17H18N4O3/c22-16-6-5-15(18-19-16)20-7-9-21(10-8-20)17(23)13-11-24-14-4-2-1-3-12(13)14/h1-6,13H,7-11H2,(H,19,22). The van der Waals surface area contributed by atoms with Gasteiger partial charge < -0.3 is 14.5 Å². The molecule has 1 fully saturated rings. The molecule has 0 bridgehead atoms. The Morgan fingerprint density at radius 2 is 1.92 bits per heavy atom. The van der Waals surface area contributed by atoms with E-state index in [2.05, 4.69) is 15.1 Å². The Kier molecular flexibility index (Phi) is 3.68. The molecule has 0 aliphatic carbocycles. The lowest BCUT2D eigenvalue weighted by Crippen LogP contribution is -2.50. The summed E-state index contributed by atoms with van der Waals surface area (Å²) in [7, 11) is 0. The Morgan fingerprint density at radius 3 is 2.67 bits per heavy atom. The molecule has 7 heteroatoms. The molecule has 1 atom stereocenters. The first kappa shape index (κ1) is 14.7. The molecule has 1 aromatic carbocycles. The summed E-state index contributed by atoms with van der Waals surface area (Å²) in [6.45, 7) is 3.08. The molecular weight excluding hydrogens is 308 g/mol. The Morgan fingerprint density at radius 1 is 1.12 bits per heavy atom. The zero-order valence-corrected chi connectivity index (χ0v) is 13.1. The number of carbonyl (C=O) groups is 1. The number of carbonyl (C=O) groups excluding carboxylic acids is 1. The SMILES string of the molecule is O=C(C1COc2ccccc21)N1CCN(c2ccc(=O)[nH]n2)CC1. The van der Waals surface area contributed by atoms with Crippen LogP contribution in [0, 0.1) is 0 Å². The molecule has 1 amide bonds. The lowest BCUT2D eigenvalue weighted by molar-refractivity contribution is -0.133. The Labute approximate surface area is 138 Å². The van der Waals surface area contributed by atoms with E-state index in [1.807, 2.05) is 29.2 Å². The number of nitrogens with one attached hydrogen (secondary N) is 1. The van der Waals surface area contributed by atoms with Gasteiger partial charge in [0.25, 0.3) is 5.56 Å². The number of aromatic amines is 1. The van der Waals surface area contributed by atoms with Gasteiger partial charge in [0, 0.05) is 37.8 Å². The first-order valence-electron chi connectivity index (χ1n) is 8.03. The van der Waals surface area contributed by atoms with Crippen LogP contribution < -0.4 is 15.2 Å². The summed E-state index contributed by atoms with van der Waals surface area (Å²) in [4.78, 5) is 27.9. The third-order valence-electron chi connectivity index (χ3n) is 4.58. The van der Waals surface area contributed by atoms with E-state index in [0.29, 0.717) is 32.8 Å². The number of ether oxygens (including phenoxy) is 1. The zero-order valence-electron chi connectivity index (χ0n) is 13.1. The third kappa shape index (κ3) is 2.62. The first-order chi connectivity index (χ1) is 11.7. The van der Waals surface area contributed by atoms with Crippen LogP contribution in [0.4, 0.5) is 5.82 Å². The molecule has 1 saturated heterocycles. The molecule has 0 spiro atoms. The number of anilines is 1. The van der Waals surface area contributed by atoms with Gasteiger partial charge in [-0.15, -0.1) is 0 Å². The highest BCUT2D eigenvalue weighted by molar-refractivity contribution is 5.85. The number of hydrogen-bond acceptors (Lipinski definition) is 5. The fraction of sp³-hybridized carbons (Fsp3) is 0.353. The fourth-order valence-electron chi connectivity index (χ4n) is 3.26. The van der Waals surface area contributed by atoms with Crippen LogP contribution in [0.5, 0.6) is 5.75 Å². The second-order valence-corrected chi connectivity index (χ2v) is 5.99. The number of piperazine rings is 1. The summed E-state index contributed by atoms with van der Waals surface area (Å²) >= 11 is 0. The Balaban J connectivity index is 1.42. The van der Waals surface area contributed by atoms with Crippen LogP contribution in [0.2, 0.25) is 0 Å². The number of aromatic nitrogens is 2. The van der Waals surface area contributed by atoms with Gasteiger partial charge in [-0.25, -0.2) is 5.10 Å². The average Bonchev–Trinajstić information content (AvgIpc) is 3.06. The van der Waals surface area contributed by atoms with Crippen molar-refractivity contribution < 1.29 is 9.53 Å². The Hall–Kier alpha value is -2.83. The smallest absolute Gasteiger partial charge is 0.264 e. The van der Waals surface area contributed by atoms with Crippen LogP contribution in [0.3, 0.4) is 0 Å². The maximum absolute atomic E-state index is 12.8. The lowest BCUT2D eigenvalue weighted by atomic mass is 9.99. The highest BCUT2D eigenvalue weighted by atomic mass is 16.5. The van der Waals surface area contributed by atoms with Crippen LogP contribution >= 0.6 is 0 Å². The summed E-state index contributed by atoms with van der Waals surface area (Å²) in [6.07, 6.45) is 0. The number of amides is 1. The third-order valence-corrected chi connectivity index (χ3v) is 4.58. The highest BCUT2D eigenvalue weighted by Crippen LogP contribution is 2.34. The van der Waals surface area contributed by atoms with Gasteiger partial charge in [0.2, 0.25) is 5.91 Å². The van der Waals surface area contributed by atoms with Crippen LogP contribution in [0.1, 0.15) is 11.5 Å². The molecule has 1 unspecified atom stereocenters. The molecule has 124 valence electrons. The molecule has 1 N–H and O–H groups in total. The first-order valence-corrected chi connectivity index (χ1v) is 8.03. The fourth-order valence-corrected chi connectivity index (χ4v) is 3.26. The molecule has 1 aromatic heterocycles. The zero-order chi connectivity index (χ0) is 16.5. The summed E-state index contributed by atoms with van der Waals surface area (Å²) in [5.41, 5.74) is 0.764. The van der Waals surface area contributed by atoms with Crippen molar-refractivity contribution in [2.75, 3.05) is 37.7 Å². The second-order valence-electron chi connectivity index (χ2n) is 5.99. The predicted molar refractivity (Wildman–Crippen MR) is 88.3 cm³/mol. The van der Waals surface area contributed by atoms with E-state index in [-0.39, 0.29) is 17.4 Å². The maximum Gasteiger partial charge on any atom is 0.264 e. The quantitative estimate of drug-likeness (QED) is 0.874. The minimum Gasteiger partial charge on any atom is -0.492 e. The monoisotopic (exact) mass is 326 g/mol. The number of para-hydroxylation sites is 1. The molecule has 2 aromatic rings. The van der Waals surface area contributed by atoms with Crippen molar-refractivity contribution in [2.45, 2.75) is 5.92 Å². The van der Waals surface area contributed by atoms with Gasteiger partial charge in [0.1, 0.15) is 24.1 Å². The van der Waals surface area contributed by atoms with E-state index in [4.69, 9.17) is 4.74 Å². The molecule has 24 heavy (non-hydrogen) atoms. The van der Waals surface area contributed by atoms with Crippen molar-refractivity contribution in [3.05, 3.63) is 52.3 Å². The van der Waals surface area contributed by atoms with E-state index in [1.54, 1.807) is 6.07 Å². The summed E-state index contributed by atoms with van der Waals surface area (Å²) in [6, 6.07) is 10.9. The normalized spacial score (nSPS) is 19.8. The van der Waals surface area contributed by atoms with Crippen molar-refractivity contribution >= 4 is 11.7 Å². The van der Waals surface area contributed by atoms with Crippen molar-refractivity contribution in [1.82, 2.24) is 15.1 Å². The topological polar surface area (TPSA) is 78.5 Å². The molecule has 2 aliphatic heterocycles. The van der Waals surface area contributed by atoms with Gasteiger partial charge in [0.15, 0.2) is 0 Å². The van der Waals surface area contributed by atoms with E-state index >= 15 is 0 Å². The van der Waals surface area contributed by atoms with Gasteiger partial charge in [0.05, 0.1) is 0 Å². The molecule has 3 heterocycles. The highest BCUT2D eigenvalue weighted by Gasteiger charge is 2.34. The van der Waals surface area contributed by atoms with E-state index in [1.165, 1.54) is 6.07 Å². The minimum atomic E-state index is -0.215. The van der Waals surface area contributed by atoms with Crippen LogP contribution in [0.15, 0.2) is 41.2 Å². The number of fused-ring (bicyclic) bond motifs is 1. The van der Waals surface area contributed by atoms with E-state index < -0.39 is 0 Å². The number of H-pyrrole nitrogens is 1. The van der Waals surface area contributed by atoms with E-state index in [9.17, 15) is 9.59 Å². The molecule has 2 aliphatic rings. The van der Waals surface area contributed by atoms with Gasteiger partial charge >= 0.3 is 0 Å². The number of benzene rings is 1. The molecule has 0 saturated carbocycles. The van der Waals surface area contributed by atoms with Crippen LogP contribution in [-0.2, 0) is 4.79 Å². The van der Waals surface area contributed by atoms with Crippen molar-refractivity contribution in [1.29, 1.82) is 0 Å². The van der Waals surface area contributed by atoms with Gasteiger partial charge in [-0.3, -0.25) is 9.59 Å². The number of hydrogen-bond donors (Lipinski definition) is 1. The summed E-state index contributed by atoms with van der Waals surface area (Å²) in [5, 5.41) is 6.49. The van der Waals surface area contributed by atoms with Crippen molar-refractivity contribution in [2.24, 2.45) is 0 Å². The second kappa shape index (κ2) is 5.99. The van der Waals surface area contributed by atoms with Crippen molar-refractivity contribution in [3.8, 4) is 5.75 Å². The van der Waals surface area contributed by atoms with Crippen LogP contribution in [-0.4, -0.2) is 53.8 Å². The Bertz CT molecular complexity index is 791. The molecule has 4 rings (SSSR count). The van der Waals surface area contributed by atoms with Crippen molar-refractivity contribution in [3.63, 3.8) is 0 Å². The predicted octanol–water partition coefficient (Wildman–Crippen LogP) is 0.595. The number of rotatable bonds is 2. The van der Waals surface area contributed by atoms with Crippen LogP contribution in [0.25, 0.3) is 0 Å². The van der Waals surface area contributed by atoms with Gasteiger partial charge in [-0.2, -0.15) is 5.10 Å². The summed E-state index contributed by atoms with van der Waals surface area (Å²) in [5.74, 6) is 1.45. The molecule has 7 nitrogen and oxygen atoms in total. The molecule has 0 radical (unpaired) electrons. The van der Waals surface area contributed by atoms with E-state index in [0.717, 1.165) is 17.1 Å². The van der Waals surface area contributed by atoms with Gasteiger partial charge in [-0.05, 0) is 12.1 Å². The minimum absolute atomic E-state index is 0.119. The summed E-state index contributed by atoms with van der Waals surface area (Å²) < 4.78 is 5.62. The largest absolute Gasteiger partial charge is 0.492 e. The lowest BCUT2D eigenvalue weighted by Gasteiger charge is -2.36. The van der Waals surface area contributed by atoms with Gasteiger partial charge in [-0.1, -0.05) is 18.2 Å². The maximum atomic E-state index is 12.8.